The Bertz CT molecular complexity index is 1300. The second kappa shape index (κ2) is 13.8. The number of thiophene rings is 1. The van der Waals surface area contributed by atoms with E-state index in [9.17, 15) is 9.59 Å². The van der Waals surface area contributed by atoms with Crippen LogP contribution in [0.5, 0.6) is 5.75 Å². The monoisotopic (exact) mass is 568 g/mol. The standard InChI is InChI=1S/C29H36N4O4S2/c1-5-16-33-24(17-37-21-14-12-20(13-15-21)19(2)3)31-32-29(33)38-18-25(34)30-27-26(28(35)36-4)22-10-8-6-7-9-11-23(22)39-27/h5,12-15,19H,1,6-11,16-18H2,2-4H3,(H,30,34). The highest BCUT2D eigenvalue weighted by molar-refractivity contribution is 7.99. The summed E-state index contributed by atoms with van der Waals surface area (Å²) in [7, 11) is 1.38. The van der Waals surface area contributed by atoms with Gasteiger partial charge in [0, 0.05) is 11.4 Å². The third-order valence-corrected chi connectivity index (χ3v) is 8.84. The zero-order chi connectivity index (χ0) is 27.8. The van der Waals surface area contributed by atoms with Crippen LogP contribution in [0, 0.1) is 0 Å². The van der Waals surface area contributed by atoms with Crippen LogP contribution in [0.4, 0.5) is 5.00 Å². The van der Waals surface area contributed by atoms with Gasteiger partial charge < -0.3 is 14.8 Å². The number of benzene rings is 1. The Morgan fingerprint density at radius 1 is 1.15 bits per heavy atom. The quantitative estimate of drug-likeness (QED) is 0.162. The van der Waals surface area contributed by atoms with E-state index in [-0.39, 0.29) is 18.3 Å². The molecular formula is C29H36N4O4S2. The summed E-state index contributed by atoms with van der Waals surface area (Å²) in [6.45, 7) is 8.89. The highest BCUT2D eigenvalue weighted by Crippen LogP contribution is 2.37. The fourth-order valence-electron chi connectivity index (χ4n) is 4.56. The van der Waals surface area contributed by atoms with E-state index in [1.807, 2.05) is 16.7 Å². The maximum Gasteiger partial charge on any atom is 0.341 e. The van der Waals surface area contributed by atoms with Crippen molar-refractivity contribution >= 4 is 40.0 Å². The molecule has 0 saturated carbocycles. The largest absolute Gasteiger partial charge is 0.486 e. The minimum Gasteiger partial charge on any atom is -0.486 e. The van der Waals surface area contributed by atoms with Gasteiger partial charge in [0.25, 0.3) is 0 Å². The Balaban J connectivity index is 1.42. The van der Waals surface area contributed by atoms with Gasteiger partial charge in [-0.15, -0.1) is 28.1 Å². The number of methoxy groups -OCH3 is 1. The first-order valence-corrected chi connectivity index (χ1v) is 15.1. The fourth-order valence-corrected chi connectivity index (χ4v) is 6.62. The molecule has 0 atom stereocenters. The van der Waals surface area contributed by atoms with Crippen LogP contribution in [0.25, 0.3) is 0 Å². The van der Waals surface area contributed by atoms with Gasteiger partial charge in [-0.3, -0.25) is 9.36 Å². The van der Waals surface area contributed by atoms with Crippen LogP contribution in [0.1, 0.15) is 77.6 Å². The Labute approximate surface area is 238 Å². The lowest BCUT2D eigenvalue weighted by atomic mass is 9.96. The van der Waals surface area contributed by atoms with Crippen LogP contribution in [-0.4, -0.2) is 39.5 Å². The maximum atomic E-state index is 13.0. The van der Waals surface area contributed by atoms with Gasteiger partial charge in [-0.05, 0) is 54.9 Å². The van der Waals surface area contributed by atoms with E-state index in [1.54, 1.807) is 6.08 Å². The van der Waals surface area contributed by atoms with Crippen molar-refractivity contribution in [1.29, 1.82) is 0 Å². The zero-order valence-electron chi connectivity index (χ0n) is 22.8. The molecule has 0 saturated heterocycles. The third kappa shape index (κ3) is 7.30. The molecular weight excluding hydrogens is 532 g/mol. The van der Waals surface area contributed by atoms with Crippen LogP contribution >= 0.6 is 23.1 Å². The summed E-state index contributed by atoms with van der Waals surface area (Å²) < 4.78 is 12.9. The maximum absolute atomic E-state index is 13.0. The number of ether oxygens (including phenoxy) is 2. The number of thioether (sulfide) groups is 1. The molecule has 0 fully saturated rings. The topological polar surface area (TPSA) is 95.3 Å². The number of rotatable bonds is 11. The van der Waals surface area contributed by atoms with Crippen molar-refractivity contribution in [3.63, 3.8) is 0 Å². The molecule has 1 aromatic carbocycles. The number of nitrogens with zero attached hydrogens (tertiary/aromatic N) is 3. The first-order valence-electron chi connectivity index (χ1n) is 13.3. The summed E-state index contributed by atoms with van der Waals surface area (Å²) in [5.41, 5.74) is 2.79. The fraction of sp³-hybridized carbons (Fsp3) is 0.448. The summed E-state index contributed by atoms with van der Waals surface area (Å²) in [5, 5.41) is 12.7. The van der Waals surface area contributed by atoms with Gasteiger partial charge in [0.15, 0.2) is 11.0 Å². The molecule has 2 heterocycles. The molecule has 0 aliphatic heterocycles. The number of nitrogens with one attached hydrogen (secondary N) is 1. The van der Waals surface area contributed by atoms with Crippen LogP contribution < -0.4 is 10.1 Å². The van der Waals surface area contributed by atoms with Gasteiger partial charge in [0.05, 0.1) is 18.4 Å². The number of hydrogen-bond acceptors (Lipinski definition) is 8. The number of carbonyl (C=O) groups excluding carboxylic acids is 2. The van der Waals surface area contributed by atoms with E-state index >= 15 is 0 Å². The summed E-state index contributed by atoms with van der Waals surface area (Å²) >= 11 is 2.78. The highest BCUT2D eigenvalue weighted by atomic mass is 32.2. The van der Waals surface area contributed by atoms with Crippen LogP contribution in [0.3, 0.4) is 0 Å². The van der Waals surface area contributed by atoms with Gasteiger partial charge in [-0.2, -0.15) is 0 Å². The Hall–Kier alpha value is -3.11. The van der Waals surface area contributed by atoms with Gasteiger partial charge in [0.1, 0.15) is 17.4 Å². The molecule has 0 unspecified atom stereocenters. The number of allylic oxidation sites excluding steroid dienone is 1. The number of aryl methyl sites for hydroxylation is 1. The van der Waals surface area contributed by atoms with E-state index in [4.69, 9.17) is 9.47 Å². The first-order chi connectivity index (χ1) is 18.9. The zero-order valence-corrected chi connectivity index (χ0v) is 24.5. The summed E-state index contributed by atoms with van der Waals surface area (Å²) in [6, 6.07) is 8.04. The molecule has 1 N–H and O–H groups in total. The highest BCUT2D eigenvalue weighted by Gasteiger charge is 2.26. The van der Waals surface area contributed by atoms with E-state index in [0.29, 0.717) is 34.0 Å². The molecule has 0 spiro atoms. The number of amides is 1. The SMILES string of the molecule is C=CCn1c(COc2ccc(C(C)C)cc2)nnc1SCC(=O)Nc1sc2c(c1C(=O)OC)CCCCCC2. The Kier molecular flexibility index (Phi) is 10.2. The predicted octanol–water partition coefficient (Wildman–Crippen LogP) is 6.40. The summed E-state index contributed by atoms with van der Waals surface area (Å²) in [4.78, 5) is 26.8. The molecule has 1 amide bonds. The van der Waals surface area contributed by atoms with Crippen LogP contribution in [0.15, 0.2) is 42.1 Å². The van der Waals surface area contributed by atoms with Crippen molar-refractivity contribution in [3.05, 3.63) is 64.3 Å². The minimum atomic E-state index is -0.398. The lowest BCUT2D eigenvalue weighted by molar-refractivity contribution is -0.113. The number of aromatic nitrogens is 3. The summed E-state index contributed by atoms with van der Waals surface area (Å²) in [5.74, 6) is 1.37. The van der Waals surface area contributed by atoms with Crippen molar-refractivity contribution in [2.45, 2.75) is 76.6 Å². The normalized spacial score (nSPS) is 13.3. The van der Waals surface area contributed by atoms with Crippen LogP contribution in [0.2, 0.25) is 0 Å². The van der Waals surface area contributed by atoms with Gasteiger partial charge >= 0.3 is 5.97 Å². The molecule has 208 valence electrons. The van der Waals surface area contributed by atoms with E-state index in [1.165, 1.54) is 47.1 Å². The molecule has 0 bridgehead atoms. The smallest absolute Gasteiger partial charge is 0.341 e. The van der Waals surface area contributed by atoms with Crippen molar-refractivity contribution in [2.24, 2.45) is 0 Å². The second-order valence-electron chi connectivity index (χ2n) is 9.76. The lowest BCUT2D eigenvalue weighted by Crippen LogP contribution is -2.17. The lowest BCUT2D eigenvalue weighted by Gasteiger charge is -2.11. The number of hydrogen-bond donors (Lipinski definition) is 1. The number of fused-ring (bicyclic) bond motifs is 1. The van der Waals surface area contributed by atoms with Gasteiger partial charge in [-0.25, -0.2) is 4.79 Å². The summed E-state index contributed by atoms with van der Waals surface area (Å²) in [6.07, 6.45) is 7.97. The first kappa shape index (κ1) is 28.9. The second-order valence-corrected chi connectivity index (χ2v) is 11.8. The Morgan fingerprint density at radius 3 is 2.59 bits per heavy atom. The molecule has 1 aliphatic carbocycles. The van der Waals surface area contributed by atoms with Crippen LogP contribution in [-0.2, 0) is 35.5 Å². The average Bonchev–Trinajstić information content (AvgIpc) is 3.46. The molecule has 39 heavy (non-hydrogen) atoms. The molecule has 8 nitrogen and oxygen atoms in total. The number of esters is 1. The van der Waals surface area contributed by atoms with E-state index in [0.717, 1.165) is 43.4 Å². The van der Waals surface area contributed by atoms with E-state index < -0.39 is 5.97 Å². The van der Waals surface area contributed by atoms with E-state index in [2.05, 4.69) is 48.1 Å². The molecule has 10 heteroatoms. The van der Waals surface area contributed by atoms with Gasteiger partial charge in [-0.1, -0.05) is 56.7 Å². The number of carbonyl (C=O) groups is 2. The van der Waals surface area contributed by atoms with Crippen molar-refractivity contribution in [2.75, 3.05) is 18.2 Å². The van der Waals surface area contributed by atoms with Crippen molar-refractivity contribution < 1.29 is 19.1 Å². The predicted molar refractivity (Wildman–Crippen MR) is 156 cm³/mol. The average molecular weight is 569 g/mol. The molecule has 4 rings (SSSR count). The van der Waals surface area contributed by atoms with Gasteiger partial charge in [0.2, 0.25) is 5.91 Å². The number of anilines is 1. The molecule has 1 aliphatic rings. The third-order valence-electron chi connectivity index (χ3n) is 6.67. The minimum absolute atomic E-state index is 0.121. The Morgan fingerprint density at radius 2 is 1.90 bits per heavy atom. The molecule has 0 radical (unpaired) electrons. The molecule has 3 aromatic rings. The van der Waals surface area contributed by atoms with Crippen molar-refractivity contribution in [3.8, 4) is 5.75 Å². The molecule has 2 aromatic heterocycles. The van der Waals surface area contributed by atoms with Crippen molar-refractivity contribution in [1.82, 2.24) is 14.8 Å².